The Kier molecular flexibility index (Phi) is 3.61. The number of H-pyrrole nitrogens is 1. The van der Waals surface area contributed by atoms with Gasteiger partial charge in [-0.15, -0.1) is 0 Å². The van der Waals surface area contributed by atoms with Crippen LogP contribution in [0.15, 0.2) is 22.7 Å². The minimum atomic E-state index is -0.683. The van der Waals surface area contributed by atoms with Crippen LogP contribution in [0.1, 0.15) is 20.8 Å². The number of amides is 1. The minimum absolute atomic E-state index is 0.0396. The van der Waals surface area contributed by atoms with Gasteiger partial charge in [0, 0.05) is 10.0 Å². The second-order valence-corrected chi connectivity index (χ2v) is 4.43. The highest BCUT2D eigenvalue weighted by Gasteiger charge is 2.17. The predicted octanol–water partition coefficient (Wildman–Crippen LogP) is 1.12. The van der Waals surface area contributed by atoms with E-state index in [4.69, 9.17) is 5.73 Å². The van der Waals surface area contributed by atoms with Crippen LogP contribution in [0.25, 0.3) is 11.3 Å². The van der Waals surface area contributed by atoms with Crippen molar-refractivity contribution in [3.63, 3.8) is 0 Å². The standard InChI is InChI=1S/C11H9BrN4O3/c1-19-11(18)6-3-2-5(4-7(6)12)8-9(10(13)17)15-16-14-8/h2-4H,1H3,(H2,13,17)(H,14,15,16). The highest BCUT2D eigenvalue weighted by molar-refractivity contribution is 9.10. The molecule has 1 amide bonds. The van der Waals surface area contributed by atoms with Crippen LogP contribution < -0.4 is 5.73 Å². The zero-order valence-corrected chi connectivity index (χ0v) is 11.4. The molecule has 98 valence electrons. The fourth-order valence-electron chi connectivity index (χ4n) is 1.54. The molecular formula is C11H9BrN4O3. The van der Waals surface area contributed by atoms with Gasteiger partial charge in [0.05, 0.1) is 12.7 Å². The van der Waals surface area contributed by atoms with Gasteiger partial charge in [0.15, 0.2) is 5.69 Å². The lowest BCUT2D eigenvalue weighted by Gasteiger charge is -2.04. The van der Waals surface area contributed by atoms with Gasteiger partial charge in [-0.1, -0.05) is 6.07 Å². The number of carbonyl (C=O) groups excluding carboxylic acids is 2. The van der Waals surface area contributed by atoms with Crippen molar-refractivity contribution >= 4 is 27.8 Å². The van der Waals surface area contributed by atoms with E-state index in [1.807, 2.05) is 0 Å². The summed E-state index contributed by atoms with van der Waals surface area (Å²) < 4.78 is 5.16. The van der Waals surface area contributed by atoms with Crippen molar-refractivity contribution in [2.45, 2.75) is 0 Å². The van der Waals surface area contributed by atoms with Gasteiger partial charge in [-0.3, -0.25) is 4.79 Å². The molecule has 8 heteroatoms. The largest absolute Gasteiger partial charge is 0.465 e. The van der Waals surface area contributed by atoms with Crippen molar-refractivity contribution in [3.05, 3.63) is 33.9 Å². The molecule has 0 aliphatic heterocycles. The Hall–Kier alpha value is -2.22. The summed E-state index contributed by atoms with van der Waals surface area (Å²) in [6.07, 6.45) is 0. The van der Waals surface area contributed by atoms with Crippen molar-refractivity contribution in [2.24, 2.45) is 5.73 Å². The summed E-state index contributed by atoms with van der Waals surface area (Å²) in [7, 11) is 1.30. The van der Waals surface area contributed by atoms with E-state index in [2.05, 4.69) is 36.1 Å². The number of ether oxygens (including phenoxy) is 1. The number of aromatic nitrogens is 3. The summed E-state index contributed by atoms with van der Waals surface area (Å²) in [6.45, 7) is 0. The van der Waals surface area contributed by atoms with Gasteiger partial charge >= 0.3 is 5.97 Å². The molecule has 0 saturated carbocycles. The predicted molar refractivity (Wildman–Crippen MR) is 69.4 cm³/mol. The topological polar surface area (TPSA) is 111 Å². The Morgan fingerprint density at radius 1 is 1.37 bits per heavy atom. The molecule has 0 fully saturated rings. The average Bonchev–Trinajstić information content (AvgIpc) is 2.87. The van der Waals surface area contributed by atoms with Crippen molar-refractivity contribution in [2.75, 3.05) is 7.11 Å². The Balaban J connectivity index is 2.48. The van der Waals surface area contributed by atoms with Crippen LogP contribution in [0, 0.1) is 0 Å². The van der Waals surface area contributed by atoms with Crippen molar-refractivity contribution in [3.8, 4) is 11.3 Å². The van der Waals surface area contributed by atoms with Crippen molar-refractivity contribution in [1.29, 1.82) is 0 Å². The second-order valence-electron chi connectivity index (χ2n) is 3.57. The maximum Gasteiger partial charge on any atom is 0.339 e. The van der Waals surface area contributed by atoms with E-state index in [1.165, 1.54) is 7.11 Å². The van der Waals surface area contributed by atoms with Crippen LogP contribution in [0.2, 0.25) is 0 Å². The lowest BCUT2D eigenvalue weighted by Crippen LogP contribution is -2.12. The molecule has 0 radical (unpaired) electrons. The third kappa shape index (κ3) is 2.48. The summed E-state index contributed by atoms with van der Waals surface area (Å²) in [4.78, 5) is 22.6. The number of halogens is 1. The van der Waals surface area contributed by atoms with Gasteiger partial charge in [-0.25, -0.2) is 4.79 Å². The first-order valence-electron chi connectivity index (χ1n) is 5.13. The molecule has 0 bridgehead atoms. The van der Waals surface area contributed by atoms with E-state index in [9.17, 15) is 9.59 Å². The summed E-state index contributed by atoms with van der Waals surface area (Å²) in [5.74, 6) is -1.15. The van der Waals surface area contributed by atoms with E-state index in [1.54, 1.807) is 18.2 Å². The number of nitrogens with two attached hydrogens (primary N) is 1. The molecule has 19 heavy (non-hydrogen) atoms. The Bertz CT molecular complexity index is 653. The molecular weight excluding hydrogens is 316 g/mol. The highest BCUT2D eigenvalue weighted by Crippen LogP contribution is 2.26. The third-order valence-electron chi connectivity index (χ3n) is 2.43. The molecule has 3 N–H and O–H groups in total. The van der Waals surface area contributed by atoms with Gasteiger partial charge in [0.1, 0.15) is 5.69 Å². The molecule has 1 heterocycles. The number of methoxy groups -OCH3 is 1. The number of carbonyl (C=O) groups is 2. The van der Waals surface area contributed by atoms with Crippen LogP contribution in [-0.2, 0) is 4.74 Å². The zero-order valence-electron chi connectivity index (χ0n) is 9.81. The number of rotatable bonds is 3. The lowest BCUT2D eigenvalue weighted by molar-refractivity contribution is 0.0599. The van der Waals surface area contributed by atoms with Crippen LogP contribution in [0.5, 0.6) is 0 Å². The number of nitrogens with one attached hydrogen (secondary N) is 1. The van der Waals surface area contributed by atoms with E-state index >= 15 is 0 Å². The van der Waals surface area contributed by atoms with Crippen molar-refractivity contribution < 1.29 is 14.3 Å². The number of hydrogen-bond donors (Lipinski definition) is 2. The smallest absolute Gasteiger partial charge is 0.339 e. The van der Waals surface area contributed by atoms with E-state index in [-0.39, 0.29) is 5.69 Å². The molecule has 1 aromatic heterocycles. The first-order valence-corrected chi connectivity index (χ1v) is 5.92. The number of esters is 1. The maximum absolute atomic E-state index is 11.4. The normalized spacial score (nSPS) is 10.2. The molecule has 0 aliphatic rings. The molecule has 0 atom stereocenters. The summed E-state index contributed by atoms with van der Waals surface area (Å²) >= 11 is 3.26. The third-order valence-corrected chi connectivity index (χ3v) is 3.09. The molecule has 7 nitrogen and oxygen atoms in total. The molecule has 0 saturated heterocycles. The number of aromatic amines is 1. The van der Waals surface area contributed by atoms with E-state index in [0.717, 1.165) is 0 Å². The summed E-state index contributed by atoms with van der Waals surface area (Å²) in [5.41, 5.74) is 6.52. The Morgan fingerprint density at radius 2 is 2.11 bits per heavy atom. The number of primary amides is 1. The molecule has 1 aromatic carbocycles. The van der Waals surface area contributed by atoms with Crippen LogP contribution in [0.3, 0.4) is 0 Å². The SMILES string of the molecule is COC(=O)c1ccc(-c2n[nH]nc2C(N)=O)cc1Br. The van der Waals surface area contributed by atoms with Gasteiger partial charge in [-0.2, -0.15) is 15.4 Å². The van der Waals surface area contributed by atoms with Crippen LogP contribution >= 0.6 is 15.9 Å². The Morgan fingerprint density at radius 3 is 2.68 bits per heavy atom. The second kappa shape index (κ2) is 5.19. The highest BCUT2D eigenvalue weighted by atomic mass is 79.9. The Labute approximate surface area is 116 Å². The fraction of sp³-hybridized carbons (Fsp3) is 0.0909. The quantitative estimate of drug-likeness (QED) is 0.822. The number of benzene rings is 1. The van der Waals surface area contributed by atoms with E-state index in [0.29, 0.717) is 21.3 Å². The van der Waals surface area contributed by atoms with Gasteiger partial charge in [0.2, 0.25) is 0 Å². The molecule has 0 spiro atoms. The molecule has 2 rings (SSSR count). The van der Waals surface area contributed by atoms with Gasteiger partial charge < -0.3 is 10.5 Å². The first kappa shape index (κ1) is 13.2. The molecule has 0 aliphatic carbocycles. The molecule has 2 aromatic rings. The van der Waals surface area contributed by atoms with Gasteiger partial charge in [-0.05, 0) is 28.1 Å². The fourth-order valence-corrected chi connectivity index (χ4v) is 2.08. The average molecular weight is 325 g/mol. The molecule has 0 unspecified atom stereocenters. The zero-order chi connectivity index (χ0) is 14.0. The number of nitrogens with zero attached hydrogens (tertiary/aromatic N) is 2. The van der Waals surface area contributed by atoms with E-state index < -0.39 is 11.9 Å². The number of hydrogen-bond acceptors (Lipinski definition) is 5. The van der Waals surface area contributed by atoms with Crippen molar-refractivity contribution in [1.82, 2.24) is 15.4 Å². The first-order chi connectivity index (χ1) is 9.04. The monoisotopic (exact) mass is 324 g/mol. The lowest BCUT2D eigenvalue weighted by atomic mass is 10.1. The minimum Gasteiger partial charge on any atom is -0.465 e. The summed E-state index contributed by atoms with van der Waals surface area (Å²) in [5, 5.41) is 9.89. The van der Waals surface area contributed by atoms with Crippen LogP contribution in [0.4, 0.5) is 0 Å². The van der Waals surface area contributed by atoms with Crippen LogP contribution in [-0.4, -0.2) is 34.4 Å². The summed E-state index contributed by atoms with van der Waals surface area (Å²) in [6, 6.07) is 4.82. The van der Waals surface area contributed by atoms with Gasteiger partial charge in [0.25, 0.3) is 5.91 Å². The maximum atomic E-state index is 11.4.